The molecule has 1 aromatic carbocycles. The maximum absolute atomic E-state index is 6.04. The fourth-order valence-electron chi connectivity index (χ4n) is 1.20. The molecule has 0 fully saturated rings. The number of benzene rings is 1. The molecule has 2 nitrogen and oxygen atoms in total. The normalized spacial score (nSPS) is 12.6. The average molecular weight is 234 g/mol. The highest BCUT2D eigenvalue weighted by atomic mass is 35.5. The molecule has 0 aromatic heterocycles. The molecule has 0 unspecified atom stereocenters. The van der Waals surface area contributed by atoms with E-state index in [1.54, 1.807) is 19.2 Å². The maximum Gasteiger partial charge on any atom is 0.138 e. The Kier molecular flexibility index (Phi) is 4.05. The predicted molar refractivity (Wildman–Crippen MR) is 60.2 cm³/mol. The third-order valence-electron chi connectivity index (χ3n) is 2.11. The van der Waals surface area contributed by atoms with E-state index in [0.29, 0.717) is 15.8 Å². The molecule has 0 amide bonds. The zero-order valence-corrected chi connectivity index (χ0v) is 9.69. The lowest BCUT2D eigenvalue weighted by atomic mass is 10.1. The second-order valence-electron chi connectivity index (χ2n) is 3.02. The van der Waals surface area contributed by atoms with E-state index in [2.05, 4.69) is 0 Å². The number of ether oxygens (including phenoxy) is 1. The van der Waals surface area contributed by atoms with Gasteiger partial charge in [0, 0.05) is 17.1 Å². The van der Waals surface area contributed by atoms with Crippen LogP contribution in [0.5, 0.6) is 5.75 Å². The van der Waals surface area contributed by atoms with Crippen LogP contribution >= 0.6 is 23.2 Å². The molecule has 78 valence electrons. The van der Waals surface area contributed by atoms with E-state index in [1.807, 2.05) is 6.92 Å². The zero-order valence-electron chi connectivity index (χ0n) is 8.18. The van der Waals surface area contributed by atoms with Crippen LogP contribution in [-0.4, -0.2) is 7.11 Å². The van der Waals surface area contributed by atoms with Crippen LogP contribution < -0.4 is 10.5 Å². The summed E-state index contributed by atoms with van der Waals surface area (Å²) < 4.78 is 5.04. The van der Waals surface area contributed by atoms with E-state index in [0.717, 1.165) is 12.0 Å². The summed E-state index contributed by atoms with van der Waals surface area (Å²) in [6.45, 7) is 2.00. The van der Waals surface area contributed by atoms with Crippen LogP contribution in [0.25, 0.3) is 0 Å². The van der Waals surface area contributed by atoms with E-state index < -0.39 is 0 Å². The summed E-state index contributed by atoms with van der Waals surface area (Å²) in [7, 11) is 1.55. The first-order chi connectivity index (χ1) is 6.60. The van der Waals surface area contributed by atoms with E-state index >= 15 is 0 Å². The van der Waals surface area contributed by atoms with Crippen molar-refractivity contribution in [2.45, 2.75) is 19.4 Å². The Morgan fingerprint density at radius 2 is 2.00 bits per heavy atom. The highest BCUT2D eigenvalue weighted by molar-refractivity contribution is 6.34. The third kappa shape index (κ3) is 2.32. The van der Waals surface area contributed by atoms with Crippen molar-refractivity contribution in [1.82, 2.24) is 0 Å². The van der Waals surface area contributed by atoms with Crippen molar-refractivity contribution in [1.29, 1.82) is 0 Å². The summed E-state index contributed by atoms with van der Waals surface area (Å²) in [4.78, 5) is 0. The van der Waals surface area contributed by atoms with Crippen molar-refractivity contribution >= 4 is 23.2 Å². The van der Waals surface area contributed by atoms with Gasteiger partial charge in [0.2, 0.25) is 0 Å². The average Bonchev–Trinajstić information content (AvgIpc) is 2.19. The van der Waals surface area contributed by atoms with E-state index in [-0.39, 0.29) is 6.04 Å². The quantitative estimate of drug-likeness (QED) is 0.869. The molecule has 0 saturated heterocycles. The van der Waals surface area contributed by atoms with Crippen LogP contribution in [0.1, 0.15) is 24.9 Å². The zero-order chi connectivity index (χ0) is 10.7. The smallest absolute Gasteiger partial charge is 0.138 e. The largest absolute Gasteiger partial charge is 0.495 e. The second kappa shape index (κ2) is 4.87. The van der Waals surface area contributed by atoms with Crippen LogP contribution in [0.2, 0.25) is 10.0 Å². The van der Waals surface area contributed by atoms with Gasteiger partial charge in [-0.2, -0.15) is 0 Å². The number of halogens is 2. The molecule has 0 aliphatic rings. The third-order valence-corrected chi connectivity index (χ3v) is 2.73. The monoisotopic (exact) mass is 233 g/mol. The van der Waals surface area contributed by atoms with Crippen LogP contribution in [-0.2, 0) is 0 Å². The van der Waals surface area contributed by atoms with Gasteiger partial charge in [0.15, 0.2) is 0 Å². The Hall–Kier alpha value is -0.440. The fraction of sp³-hybridized carbons (Fsp3) is 0.400. The van der Waals surface area contributed by atoms with Crippen molar-refractivity contribution < 1.29 is 4.74 Å². The van der Waals surface area contributed by atoms with Gasteiger partial charge in [-0.1, -0.05) is 30.1 Å². The highest BCUT2D eigenvalue weighted by Gasteiger charge is 2.12. The molecule has 4 heteroatoms. The lowest BCUT2D eigenvalue weighted by Gasteiger charge is -2.13. The molecule has 2 N–H and O–H groups in total. The summed E-state index contributed by atoms with van der Waals surface area (Å²) >= 11 is 12.0. The Bertz CT molecular complexity index is 328. The molecule has 0 radical (unpaired) electrons. The number of methoxy groups -OCH3 is 1. The number of nitrogens with two attached hydrogens (primary N) is 1. The summed E-state index contributed by atoms with van der Waals surface area (Å²) in [6.07, 6.45) is 0.822. The number of hydrogen-bond acceptors (Lipinski definition) is 2. The lowest BCUT2D eigenvalue weighted by Crippen LogP contribution is -2.09. The van der Waals surface area contributed by atoms with Gasteiger partial charge in [-0.3, -0.25) is 0 Å². The number of rotatable bonds is 3. The SMILES string of the molecule is CC[C@H](N)c1cc(Cl)c(OC)cc1Cl. The molecule has 1 rings (SSSR count). The minimum absolute atomic E-state index is 0.0779. The van der Waals surface area contributed by atoms with Crippen LogP contribution in [0.3, 0.4) is 0 Å². The molecular formula is C10H13Cl2NO. The molecule has 0 aliphatic carbocycles. The minimum atomic E-state index is -0.0779. The van der Waals surface area contributed by atoms with E-state index in [1.165, 1.54) is 0 Å². The first-order valence-corrected chi connectivity index (χ1v) is 5.14. The predicted octanol–water partition coefficient (Wildman–Crippen LogP) is 3.41. The van der Waals surface area contributed by atoms with Crippen LogP contribution in [0.4, 0.5) is 0 Å². The topological polar surface area (TPSA) is 35.2 Å². The van der Waals surface area contributed by atoms with Gasteiger partial charge in [-0.25, -0.2) is 0 Å². The second-order valence-corrected chi connectivity index (χ2v) is 3.84. The fourth-order valence-corrected chi connectivity index (χ4v) is 1.75. The van der Waals surface area contributed by atoms with Gasteiger partial charge < -0.3 is 10.5 Å². The van der Waals surface area contributed by atoms with Gasteiger partial charge in [0.25, 0.3) is 0 Å². The Morgan fingerprint density at radius 1 is 1.36 bits per heavy atom. The Labute approximate surface area is 94.0 Å². The summed E-state index contributed by atoms with van der Waals surface area (Å²) in [5, 5.41) is 1.14. The van der Waals surface area contributed by atoms with Gasteiger partial charge in [0.05, 0.1) is 12.1 Å². The van der Waals surface area contributed by atoms with Gasteiger partial charge in [-0.15, -0.1) is 0 Å². The molecule has 14 heavy (non-hydrogen) atoms. The molecule has 0 heterocycles. The van der Waals surface area contributed by atoms with E-state index in [4.69, 9.17) is 33.7 Å². The maximum atomic E-state index is 6.04. The molecule has 0 spiro atoms. The first-order valence-electron chi connectivity index (χ1n) is 4.38. The van der Waals surface area contributed by atoms with Gasteiger partial charge >= 0.3 is 0 Å². The van der Waals surface area contributed by atoms with E-state index in [9.17, 15) is 0 Å². The molecular weight excluding hydrogens is 221 g/mol. The molecule has 0 aliphatic heterocycles. The Balaban J connectivity index is 3.14. The van der Waals surface area contributed by atoms with Crippen LogP contribution in [0.15, 0.2) is 12.1 Å². The molecule has 0 bridgehead atoms. The Morgan fingerprint density at radius 3 is 2.50 bits per heavy atom. The minimum Gasteiger partial charge on any atom is -0.495 e. The standard InChI is InChI=1S/C10H13Cl2NO/c1-3-9(13)6-4-8(12)10(14-2)5-7(6)11/h4-5,9H,3,13H2,1-2H3/t9-/m0/s1. The summed E-state index contributed by atoms with van der Waals surface area (Å²) in [5.74, 6) is 0.573. The summed E-state index contributed by atoms with van der Waals surface area (Å²) in [6, 6.07) is 3.37. The lowest BCUT2D eigenvalue weighted by molar-refractivity contribution is 0.414. The summed E-state index contributed by atoms with van der Waals surface area (Å²) in [5.41, 5.74) is 6.73. The molecule has 1 atom stereocenters. The van der Waals surface area contributed by atoms with Crippen molar-refractivity contribution in [2.24, 2.45) is 5.73 Å². The van der Waals surface area contributed by atoms with Crippen molar-refractivity contribution in [2.75, 3.05) is 7.11 Å². The van der Waals surface area contributed by atoms with Crippen molar-refractivity contribution in [3.63, 3.8) is 0 Å². The van der Waals surface area contributed by atoms with Crippen LogP contribution in [0, 0.1) is 0 Å². The highest BCUT2D eigenvalue weighted by Crippen LogP contribution is 2.33. The first kappa shape index (κ1) is 11.6. The van der Waals surface area contributed by atoms with Gasteiger partial charge in [0.1, 0.15) is 5.75 Å². The molecule has 0 saturated carbocycles. The molecule has 1 aromatic rings. The van der Waals surface area contributed by atoms with Crippen molar-refractivity contribution in [3.05, 3.63) is 27.7 Å². The van der Waals surface area contributed by atoms with Gasteiger partial charge in [-0.05, 0) is 18.1 Å². The number of hydrogen-bond donors (Lipinski definition) is 1. The van der Waals surface area contributed by atoms with Crippen molar-refractivity contribution in [3.8, 4) is 5.75 Å².